The van der Waals surface area contributed by atoms with E-state index in [0.29, 0.717) is 25.7 Å². The van der Waals surface area contributed by atoms with Gasteiger partial charge < -0.3 is 15.0 Å². The summed E-state index contributed by atoms with van der Waals surface area (Å²) >= 11 is 0. The third kappa shape index (κ3) is 5.46. The highest BCUT2D eigenvalue weighted by atomic mass is 19.4. The van der Waals surface area contributed by atoms with Gasteiger partial charge in [-0.3, -0.25) is 9.88 Å². The third-order valence-electron chi connectivity index (χ3n) is 9.28. The molecule has 2 aromatic heterocycles. The zero-order valence-corrected chi connectivity index (χ0v) is 24.3. The standard InChI is InChI=1S/C32H39F3N6O/c1-3-22-18-41(30-29(32(33,34)35)37-15-16-38-30)17-13-31(22)21-40(19-23-8-7-14-36-23)20-27-25(31)11-12-26(39-27)24-9-5-6-10-28(24)42-4-2/h5-6,9-12,15-16,22-23,36H,3-4,7-8,13-14,17-21H2,1-2H3/t22?,23-,31?/m1/s1. The molecular weight excluding hydrogens is 541 g/mol. The maximum absolute atomic E-state index is 13.9. The number of rotatable bonds is 7. The van der Waals surface area contributed by atoms with E-state index in [1.165, 1.54) is 18.2 Å². The Balaban J connectivity index is 1.38. The van der Waals surface area contributed by atoms with Crippen LogP contribution in [0.3, 0.4) is 0 Å². The molecule has 0 saturated carbocycles. The highest BCUT2D eigenvalue weighted by Crippen LogP contribution is 2.48. The van der Waals surface area contributed by atoms with Gasteiger partial charge in [0.1, 0.15) is 5.75 Å². The zero-order chi connectivity index (χ0) is 29.3. The minimum absolute atomic E-state index is 0.0673. The number of anilines is 1. The number of fused-ring (bicyclic) bond motifs is 2. The zero-order valence-electron chi connectivity index (χ0n) is 24.3. The summed E-state index contributed by atoms with van der Waals surface area (Å²) in [4.78, 5) is 17.4. The molecule has 0 radical (unpaired) electrons. The van der Waals surface area contributed by atoms with Gasteiger partial charge in [-0.2, -0.15) is 13.2 Å². The molecule has 1 N–H and O–H groups in total. The molecule has 3 aliphatic rings. The molecule has 3 aromatic rings. The van der Waals surface area contributed by atoms with Gasteiger partial charge in [-0.1, -0.05) is 31.5 Å². The fourth-order valence-electron chi connectivity index (χ4n) is 7.40. The van der Waals surface area contributed by atoms with Gasteiger partial charge in [0.2, 0.25) is 0 Å². The Labute approximate surface area is 245 Å². The summed E-state index contributed by atoms with van der Waals surface area (Å²) in [6, 6.07) is 12.8. The minimum atomic E-state index is -4.55. The predicted molar refractivity (Wildman–Crippen MR) is 156 cm³/mol. The Morgan fingerprint density at radius 2 is 1.93 bits per heavy atom. The molecule has 5 heterocycles. The lowest BCUT2D eigenvalue weighted by molar-refractivity contribution is -0.140. The number of hydrogen-bond donors (Lipinski definition) is 1. The second-order valence-corrected chi connectivity index (χ2v) is 11.8. The number of alkyl halides is 3. The van der Waals surface area contributed by atoms with Crippen LogP contribution < -0.4 is 15.0 Å². The Hall–Kier alpha value is -3.24. The topological polar surface area (TPSA) is 66.4 Å². The number of para-hydroxylation sites is 1. The summed E-state index contributed by atoms with van der Waals surface area (Å²) in [6.07, 6.45) is 1.81. The largest absolute Gasteiger partial charge is 0.493 e. The summed E-state index contributed by atoms with van der Waals surface area (Å²) in [5.41, 5.74) is 3.02. The number of hydrogen-bond acceptors (Lipinski definition) is 7. The maximum Gasteiger partial charge on any atom is 0.437 e. The van der Waals surface area contributed by atoms with E-state index in [-0.39, 0.29) is 17.2 Å². The first kappa shape index (κ1) is 28.9. The van der Waals surface area contributed by atoms with Crippen molar-refractivity contribution in [3.63, 3.8) is 0 Å². The fourth-order valence-corrected chi connectivity index (χ4v) is 7.40. The molecule has 0 bridgehead atoms. The van der Waals surface area contributed by atoms with Crippen LogP contribution in [-0.4, -0.2) is 65.2 Å². The van der Waals surface area contributed by atoms with E-state index in [1.807, 2.05) is 31.2 Å². The highest BCUT2D eigenvalue weighted by Gasteiger charge is 2.50. The van der Waals surface area contributed by atoms with Gasteiger partial charge in [-0.05, 0) is 62.4 Å². The molecule has 0 amide bonds. The SMILES string of the molecule is CCOc1ccccc1-c1ccc2c(n1)CN(C[C@H]1CCCN1)CC21CCN(c2nccnc2C(F)(F)F)CC1CC. The van der Waals surface area contributed by atoms with E-state index in [0.717, 1.165) is 74.3 Å². The van der Waals surface area contributed by atoms with E-state index < -0.39 is 11.9 Å². The predicted octanol–water partition coefficient (Wildman–Crippen LogP) is 5.70. The molecular formula is C32H39F3N6O. The van der Waals surface area contributed by atoms with Crippen molar-refractivity contribution in [2.45, 2.75) is 63.7 Å². The number of nitrogens with one attached hydrogen (secondary N) is 1. The van der Waals surface area contributed by atoms with Gasteiger partial charge in [0, 0.05) is 62.1 Å². The lowest BCUT2D eigenvalue weighted by Crippen LogP contribution is -2.58. The van der Waals surface area contributed by atoms with Crippen molar-refractivity contribution < 1.29 is 17.9 Å². The summed E-state index contributed by atoms with van der Waals surface area (Å²) < 4.78 is 47.5. The quantitative estimate of drug-likeness (QED) is 0.385. The number of piperidine rings is 1. The van der Waals surface area contributed by atoms with Gasteiger partial charge in [-0.25, -0.2) is 9.97 Å². The molecule has 7 nitrogen and oxygen atoms in total. The van der Waals surface area contributed by atoms with E-state index in [9.17, 15) is 13.2 Å². The van der Waals surface area contributed by atoms with Gasteiger partial charge in [0.25, 0.3) is 0 Å². The van der Waals surface area contributed by atoms with Crippen LogP contribution in [0.2, 0.25) is 0 Å². The van der Waals surface area contributed by atoms with Crippen molar-refractivity contribution in [2.24, 2.45) is 5.92 Å². The number of aromatic nitrogens is 3. The number of ether oxygens (including phenoxy) is 1. The summed E-state index contributed by atoms with van der Waals surface area (Å²) in [5, 5.41) is 3.64. The number of nitrogens with zero attached hydrogens (tertiary/aromatic N) is 5. The molecule has 2 unspecified atom stereocenters. The van der Waals surface area contributed by atoms with Crippen LogP contribution in [0.4, 0.5) is 19.0 Å². The van der Waals surface area contributed by atoms with Crippen molar-refractivity contribution >= 4 is 5.82 Å². The van der Waals surface area contributed by atoms with Crippen molar-refractivity contribution in [3.8, 4) is 17.0 Å². The van der Waals surface area contributed by atoms with Crippen LogP contribution in [-0.2, 0) is 18.1 Å². The molecule has 42 heavy (non-hydrogen) atoms. The Morgan fingerprint density at radius 3 is 2.69 bits per heavy atom. The van der Waals surface area contributed by atoms with Crippen molar-refractivity contribution in [3.05, 3.63) is 65.7 Å². The molecule has 2 fully saturated rings. The summed E-state index contributed by atoms with van der Waals surface area (Å²) in [5.74, 6) is 0.868. The molecule has 2 saturated heterocycles. The molecule has 6 rings (SSSR count). The van der Waals surface area contributed by atoms with E-state index >= 15 is 0 Å². The molecule has 0 aliphatic carbocycles. The van der Waals surface area contributed by atoms with E-state index in [2.05, 4.69) is 39.2 Å². The Kier molecular flexibility index (Phi) is 8.11. The lowest BCUT2D eigenvalue weighted by atomic mass is 9.62. The van der Waals surface area contributed by atoms with Crippen LogP contribution in [0.1, 0.15) is 56.5 Å². The van der Waals surface area contributed by atoms with Crippen LogP contribution >= 0.6 is 0 Å². The van der Waals surface area contributed by atoms with E-state index in [4.69, 9.17) is 9.72 Å². The van der Waals surface area contributed by atoms with E-state index in [1.54, 1.807) is 4.90 Å². The third-order valence-corrected chi connectivity index (χ3v) is 9.28. The average Bonchev–Trinajstić information content (AvgIpc) is 3.50. The van der Waals surface area contributed by atoms with Gasteiger partial charge in [0.05, 0.1) is 18.0 Å². The first-order valence-electron chi connectivity index (χ1n) is 15.1. The Morgan fingerprint density at radius 1 is 1.10 bits per heavy atom. The van der Waals surface area contributed by atoms with Crippen LogP contribution in [0.15, 0.2) is 48.8 Å². The van der Waals surface area contributed by atoms with Crippen molar-refractivity contribution in [2.75, 3.05) is 44.2 Å². The second kappa shape index (κ2) is 11.8. The van der Waals surface area contributed by atoms with Crippen LogP contribution in [0, 0.1) is 5.92 Å². The van der Waals surface area contributed by atoms with Crippen LogP contribution in [0.5, 0.6) is 5.75 Å². The first-order valence-corrected chi connectivity index (χ1v) is 15.1. The van der Waals surface area contributed by atoms with Crippen LogP contribution in [0.25, 0.3) is 11.3 Å². The van der Waals surface area contributed by atoms with Crippen molar-refractivity contribution in [1.82, 2.24) is 25.2 Å². The highest BCUT2D eigenvalue weighted by molar-refractivity contribution is 5.68. The second-order valence-electron chi connectivity index (χ2n) is 11.8. The minimum Gasteiger partial charge on any atom is -0.493 e. The average molecular weight is 581 g/mol. The fraction of sp³-hybridized carbons (Fsp3) is 0.531. The lowest BCUT2D eigenvalue weighted by Gasteiger charge is -2.53. The first-order chi connectivity index (χ1) is 20.3. The normalized spacial score (nSPS) is 24.6. The van der Waals surface area contributed by atoms with Gasteiger partial charge in [-0.15, -0.1) is 0 Å². The smallest absolute Gasteiger partial charge is 0.437 e. The molecule has 3 aliphatic heterocycles. The molecule has 1 spiro atoms. The Bertz CT molecular complexity index is 1390. The summed E-state index contributed by atoms with van der Waals surface area (Å²) in [6.45, 7) is 9.26. The monoisotopic (exact) mass is 580 g/mol. The van der Waals surface area contributed by atoms with Gasteiger partial charge in [0.15, 0.2) is 11.5 Å². The molecule has 1 aromatic carbocycles. The van der Waals surface area contributed by atoms with Crippen molar-refractivity contribution in [1.29, 1.82) is 0 Å². The summed E-state index contributed by atoms with van der Waals surface area (Å²) in [7, 11) is 0. The number of benzene rings is 1. The molecule has 224 valence electrons. The number of pyridine rings is 1. The molecule has 3 atom stereocenters. The maximum atomic E-state index is 13.9. The molecule has 10 heteroatoms. The van der Waals surface area contributed by atoms with Gasteiger partial charge >= 0.3 is 6.18 Å². The number of halogens is 3.